The number of anilines is 1. The first-order valence-electron chi connectivity index (χ1n) is 11.0. The first-order chi connectivity index (χ1) is 17.1. The number of benzene rings is 3. The third kappa shape index (κ3) is 6.47. The van der Waals surface area contributed by atoms with Gasteiger partial charge in [0.2, 0.25) is 5.91 Å². The largest absolute Gasteiger partial charge is 0.339 e. The molecule has 1 heterocycles. The van der Waals surface area contributed by atoms with E-state index >= 15 is 0 Å². The van der Waals surface area contributed by atoms with Crippen molar-refractivity contribution in [3.8, 4) is 0 Å². The van der Waals surface area contributed by atoms with Crippen LogP contribution in [0.5, 0.6) is 0 Å². The lowest BCUT2D eigenvalue weighted by Crippen LogP contribution is -2.51. The number of hydrogen-bond donors (Lipinski definition) is 1. The predicted molar refractivity (Wildman–Crippen MR) is 147 cm³/mol. The maximum atomic E-state index is 13.0. The summed E-state index contributed by atoms with van der Waals surface area (Å²) in [4.78, 5) is 29.1. The Morgan fingerprint density at radius 2 is 1.56 bits per heavy atom. The second-order valence-corrected chi connectivity index (χ2v) is 12.1. The molecule has 4 rings (SSSR count). The van der Waals surface area contributed by atoms with Gasteiger partial charge in [0.15, 0.2) is 0 Å². The van der Waals surface area contributed by atoms with Crippen LogP contribution in [0.4, 0.5) is 5.69 Å². The third-order valence-electron chi connectivity index (χ3n) is 5.73. The van der Waals surface area contributed by atoms with Crippen LogP contribution in [0.3, 0.4) is 0 Å². The summed E-state index contributed by atoms with van der Waals surface area (Å²) in [6.45, 7) is 1.74. The SMILES string of the molecule is O=C(Cc1cccc(Cl)c1)N1CCN(C(=O)c2ccc(NS(=O)(=O)c3cc(Br)ccc3Br)cc2)CC1. The van der Waals surface area contributed by atoms with Crippen molar-refractivity contribution in [1.29, 1.82) is 0 Å². The molecule has 0 bridgehead atoms. The zero-order chi connectivity index (χ0) is 25.9. The first kappa shape index (κ1) is 26.7. The van der Waals surface area contributed by atoms with Crippen molar-refractivity contribution in [1.82, 2.24) is 9.80 Å². The molecule has 0 spiro atoms. The number of halogens is 3. The number of hydrogen-bond acceptors (Lipinski definition) is 4. The summed E-state index contributed by atoms with van der Waals surface area (Å²) in [6, 6.07) is 18.4. The lowest BCUT2D eigenvalue weighted by atomic mass is 10.1. The van der Waals surface area contributed by atoms with Crippen LogP contribution in [0.15, 0.2) is 80.6 Å². The van der Waals surface area contributed by atoms with Crippen LogP contribution in [0.1, 0.15) is 15.9 Å². The Labute approximate surface area is 231 Å². The Morgan fingerprint density at radius 3 is 2.22 bits per heavy atom. The summed E-state index contributed by atoms with van der Waals surface area (Å²) >= 11 is 12.6. The van der Waals surface area contributed by atoms with Crippen molar-refractivity contribution in [2.45, 2.75) is 11.3 Å². The van der Waals surface area contributed by atoms with Gasteiger partial charge in [0.05, 0.1) is 6.42 Å². The summed E-state index contributed by atoms with van der Waals surface area (Å²) < 4.78 is 29.2. The molecular weight excluding hydrogens is 634 g/mol. The highest BCUT2D eigenvalue weighted by Crippen LogP contribution is 2.27. The van der Waals surface area contributed by atoms with E-state index in [1.807, 2.05) is 12.1 Å². The first-order valence-corrected chi connectivity index (χ1v) is 14.5. The smallest absolute Gasteiger partial charge is 0.263 e. The van der Waals surface area contributed by atoms with Crippen molar-refractivity contribution < 1.29 is 18.0 Å². The zero-order valence-electron chi connectivity index (χ0n) is 19.0. The number of sulfonamides is 1. The van der Waals surface area contributed by atoms with Gasteiger partial charge in [-0.2, -0.15) is 0 Å². The van der Waals surface area contributed by atoms with Crippen LogP contribution in [0.25, 0.3) is 0 Å². The molecular formula is C25H22Br2ClN3O4S. The van der Waals surface area contributed by atoms with E-state index in [0.717, 1.165) is 5.56 Å². The monoisotopic (exact) mass is 653 g/mol. The van der Waals surface area contributed by atoms with Gasteiger partial charge in [0.25, 0.3) is 15.9 Å². The molecule has 1 fully saturated rings. The van der Waals surface area contributed by atoms with E-state index < -0.39 is 10.0 Å². The van der Waals surface area contributed by atoms with Gasteiger partial charge < -0.3 is 9.80 Å². The normalized spacial score (nSPS) is 14.0. The fourth-order valence-electron chi connectivity index (χ4n) is 3.85. The molecule has 3 aromatic carbocycles. The molecule has 3 aromatic rings. The highest BCUT2D eigenvalue weighted by Gasteiger charge is 2.25. The van der Waals surface area contributed by atoms with Gasteiger partial charge >= 0.3 is 0 Å². The van der Waals surface area contributed by atoms with E-state index in [0.29, 0.717) is 51.4 Å². The molecule has 36 heavy (non-hydrogen) atoms. The number of rotatable bonds is 6. The van der Waals surface area contributed by atoms with Gasteiger partial charge in [-0.3, -0.25) is 14.3 Å². The maximum Gasteiger partial charge on any atom is 0.263 e. The van der Waals surface area contributed by atoms with E-state index in [9.17, 15) is 18.0 Å². The minimum Gasteiger partial charge on any atom is -0.339 e. The minimum atomic E-state index is -3.83. The van der Waals surface area contributed by atoms with Crippen molar-refractivity contribution in [2.24, 2.45) is 0 Å². The number of nitrogens with zero attached hydrogens (tertiary/aromatic N) is 2. The lowest BCUT2D eigenvalue weighted by molar-refractivity contribution is -0.131. The molecule has 11 heteroatoms. The van der Waals surface area contributed by atoms with E-state index in [1.54, 1.807) is 58.3 Å². The minimum absolute atomic E-state index is 0.00177. The van der Waals surface area contributed by atoms with E-state index in [2.05, 4.69) is 36.6 Å². The summed E-state index contributed by atoms with van der Waals surface area (Å²) in [5, 5.41) is 0.593. The van der Waals surface area contributed by atoms with Crippen LogP contribution in [0.2, 0.25) is 5.02 Å². The standard InChI is InChI=1S/C25H22Br2ClN3O4S/c26-19-6-9-22(27)23(16-19)36(34,35)29-21-7-4-18(5-8-21)25(33)31-12-10-30(11-13-31)24(32)15-17-2-1-3-20(28)14-17/h1-9,14,16,29H,10-13,15H2. The average molecular weight is 656 g/mol. The Hall–Kier alpha value is -2.40. The van der Waals surface area contributed by atoms with Gasteiger partial charge in [0, 0.05) is 51.4 Å². The molecule has 0 unspecified atom stereocenters. The van der Waals surface area contributed by atoms with Crippen LogP contribution in [0, 0.1) is 0 Å². The molecule has 1 aliphatic heterocycles. The lowest BCUT2D eigenvalue weighted by Gasteiger charge is -2.35. The van der Waals surface area contributed by atoms with Gasteiger partial charge in [0.1, 0.15) is 4.90 Å². The highest BCUT2D eigenvalue weighted by molar-refractivity contribution is 9.11. The second-order valence-electron chi connectivity index (χ2n) is 8.24. The topological polar surface area (TPSA) is 86.8 Å². The van der Waals surface area contributed by atoms with E-state index in [-0.39, 0.29) is 23.1 Å². The Kier molecular flexibility index (Phi) is 8.39. The number of carbonyl (C=O) groups excluding carboxylic acids is 2. The van der Waals surface area contributed by atoms with Crippen molar-refractivity contribution in [3.63, 3.8) is 0 Å². The molecule has 1 aliphatic rings. The Bertz CT molecular complexity index is 1390. The Morgan fingerprint density at radius 1 is 0.889 bits per heavy atom. The average Bonchev–Trinajstić information content (AvgIpc) is 2.85. The van der Waals surface area contributed by atoms with Crippen molar-refractivity contribution in [3.05, 3.63) is 91.8 Å². The highest BCUT2D eigenvalue weighted by atomic mass is 79.9. The summed E-state index contributed by atoms with van der Waals surface area (Å²) in [6.07, 6.45) is 0.266. The number of carbonyl (C=O) groups is 2. The van der Waals surface area contributed by atoms with Crippen LogP contribution < -0.4 is 4.72 Å². The zero-order valence-corrected chi connectivity index (χ0v) is 23.7. The summed E-state index contributed by atoms with van der Waals surface area (Å²) in [5.74, 6) is -0.167. The molecule has 0 radical (unpaired) electrons. The molecule has 1 saturated heterocycles. The van der Waals surface area contributed by atoms with Gasteiger partial charge in [-0.05, 0) is 76.1 Å². The molecule has 7 nitrogen and oxygen atoms in total. The van der Waals surface area contributed by atoms with Gasteiger partial charge in [-0.15, -0.1) is 0 Å². The molecule has 0 saturated carbocycles. The Balaban J connectivity index is 1.34. The number of nitrogens with one attached hydrogen (secondary N) is 1. The van der Waals surface area contributed by atoms with E-state index in [4.69, 9.17) is 11.6 Å². The number of piperazine rings is 1. The van der Waals surface area contributed by atoms with Gasteiger partial charge in [-0.25, -0.2) is 8.42 Å². The molecule has 0 atom stereocenters. The summed E-state index contributed by atoms with van der Waals surface area (Å²) in [7, 11) is -3.83. The molecule has 188 valence electrons. The van der Waals surface area contributed by atoms with Crippen molar-refractivity contribution >= 4 is 71.0 Å². The van der Waals surface area contributed by atoms with Crippen LogP contribution in [-0.2, 0) is 21.2 Å². The second kappa shape index (κ2) is 11.3. The predicted octanol–water partition coefficient (Wildman–Crippen LogP) is 5.19. The molecule has 2 amide bonds. The molecule has 1 N–H and O–H groups in total. The fraction of sp³-hybridized carbons (Fsp3) is 0.200. The van der Waals surface area contributed by atoms with Crippen LogP contribution in [-0.4, -0.2) is 56.2 Å². The fourth-order valence-corrected chi connectivity index (χ4v) is 6.62. The summed E-state index contributed by atoms with van der Waals surface area (Å²) in [5.41, 5.74) is 1.64. The maximum absolute atomic E-state index is 13.0. The van der Waals surface area contributed by atoms with Gasteiger partial charge in [-0.1, -0.05) is 39.7 Å². The molecule has 0 aliphatic carbocycles. The third-order valence-corrected chi connectivity index (χ3v) is 8.83. The van der Waals surface area contributed by atoms with E-state index in [1.165, 1.54) is 6.07 Å². The van der Waals surface area contributed by atoms with Crippen LogP contribution >= 0.6 is 43.5 Å². The molecule has 0 aromatic heterocycles. The number of amides is 2. The van der Waals surface area contributed by atoms with Crippen molar-refractivity contribution in [2.75, 3.05) is 30.9 Å². The quantitative estimate of drug-likeness (QED) is 0.396.